The lowest BCUT2D eigenvalue weighted by Crippen LogP contribution is -2.07. The molecule has 0 fully saturated rings. The van der Waals surface area contributed by atoms with Crippen LogP contribution in [0.5, 0.6) is 5.75 Å². The van der Waals surface area contributed by atoms with Gasteiger partial charge in [0, 0.05) is 10.0 Å². The van der Waals surface area contributed by atoms with Gasteiger partial charge in [-0.2, -0.15) is 0 Å². The molecule has 0 radical (unpaired) electrons. The number of carbonyl (C=O) groups is 1. The highest BCUT2D eigenvalue weighted by Gasteiger charge is 2.34. The first kappa shape index (κ1) is 12.9. The minimum absolute atomic E-state index is 0.105. The molecule has 0 heterocycles. The van der Waals surface area contributed by atoms with E-state index in [9.17, 15) is 9.90 Å². The Bertz CT molecular complexity index is 666. The van der Waals surface area contributed by atoms with Crippen LogP contribution >= 0.6 is 31.9 Å². The Morgan fingerprint density at radius 1 is 1.11 bits per heavy atom. The first-order valence-corrected chi connectivity index (χ1v) is 7.47. The van der Waals surface area contributed by atoms with Crippen molar-refractivity contribution in [3.05, 3.63) is 62.0 Å². The van der Waals surface area contributed by atoms with Gasteiger partial charge in [-0.25, -0.2) is 0 Å². The van der Waals surface area contributed by atoms with Crippen molar-refractivity contribution < 1.29 is 9.90 Å². The average Bonchev–Trinajstić information content (AvgIpc) is 2.74. The Kier molecular flexibility index (Phi) is 3.23. The van der Waals surface area contributed by atoms with Crippen molar-refractivity contribution in [1.29, 1.82) is 0 Å². The second-order valence-electron chi connectivity index (χ2n) is 4.59. The smallest absolute Gasteiger partial charge is 0.172 e. The molecule has 0 saturated carbocycles. The monoisotopic (exact) mass is 380 g/mol. The summed E-state index contributed by atoms with van der Waals surface area (Å²) in [6.45, 7) is 0. The minimum Gasteiger partial charge on any atom is -0.507 e. The van der Waals surface area contributed by atoms with Gasteiger partial charge in [0.25, 0.3) is 0 Å². The molecule has 0 bridgehead atoms. The van der Waals surface area contributed by atoms with Gasteiger partial charge >= 0.3 is 0 Å². The SMILES string of the molecule is O=C1c2c(cc(O)c(Br)c2Br)CC1c1ccccc1. The van der Waals surface area contributed by atoms with E-state index in [1.807, 2.05) is 30.3 Å². The number of carbonyl (C=O) groups excluding carboxylic acids is 1. The fraction of sp³-hybridized carbons (Fsp3) is 0.133. The first-order valence-electron chi connectivity index (χ1n) is 5.88. The van der Waals surface area contributed by atoms with E-state index in [-0.39, 0.29) is 17.5 Å². The Morgan fingerprint density at radius 3 is 2.47 bits per heavy atom. The van der Waals surface area contributed by atoms with E-state index in [0.29, 0.717) is 20.9 Å². The van der Waals surface area contributed by atoms with E-state index < -0.39 is 0 Å². The lowest BCUT2D eigenvalue weighted by Gasteiger charge is -2.07. The highest BCUT2D eigenvalue weighted by atomic mass is 79.9. The molecule has 0 aromatic heterocycles. The van der Waals surface area contributed by atoms with Gasteiger partial charge in [-0.15, -0.1) is 0 Å². The quantitative estimate of drug-likeness (QED) is 0.792. The van der Waals surface area contributed by atoms with Gasteiger partial charge in [0.15, 0.2) is 5.78 Å². The molecule has 1 N–H and O–H groups in total. The summed E-state index contributed by atoms with van der Waals surface area (Å²) in [5.74, 6) is 0.113. The van der Waals surface area contributed by atoms with Crippen LogP contribution in [0.1, 0.15) is 27.4 Å². The van der Waals surface area contributed by atoms with Crippen LogP contribution in [-0.4, -0.2) is 10.9 Å². The lowest BCUT2D eigenvalue weighted by atomic mass is 9.95. The number of hydrogen-bond acceptors (Lipinski definition) is 2. The minimum atomic E-state index is -0.152. The summed E-state index contributed by atoms with van der Waals surface area (Å²) in [5, 5.41) is 9.82. The third-order valence-electron chi connectivity index (χ3n) is 3.46. The number of Topliss-reactive ketones (excluding diaryl/α,β-unsaturated/α-hetero) is 1. The molecular weight excluding hydrogens is 372 g/mol. The van der Waals surface area contributed by atoms with Crippen molar-refractivity contribution >= 4 is 37.6 Å². The van der Waals surface area contributed by atoms with Crippen LogP contribution < -0.4 is 0 Å². The molecule has 19 heavy (non-hydrogen) atoms. The summed E-state index contributed by atoms with van der Waals surface area (Å²) < 4.78 is 1.18. The zero-order chi connectivity index (χ0) is 13.6. The topological polar surface area (TPSA) is 37.3 Å². The van der Waals surface area contributed by atoms with Gasteiger partial charge < -0.3 is 5.11 Å². The van der Waals surface area contributed by atoms with Gasteiger partial charge in [0.2, 0.25) is 0 Å². The van der Waals surface area contributed by atoms with Gasteiger partial charge in [0.1, 0.15) is 5.75 Å². The number of fused-ring (bicyclic) bond motifs is 1. The van der Waals surface area contributed by atoms with Crippen molar-refractivity contribution in [2.24, 2.45) is 0 Å². The molecular formula is C15H10Br2O2. The van der Waals surface area contributed by atoms with E-state index in [2.05, 4.69) is 31.9 Å². The molecule has 3 rings (SSSR count). The number of rotatable bonds is 1. The van der Waals surface area contributed by atoms with E-state index in [4.69, 9.17) is 0 Å². The highest BCUT2D eigenvalue weighted by Crippen LogP contribution is 2.44. The molecule has 4 heteroatoms. The molecule has 96 valence electrons. The van der Waals surface area contributed by atoms with Crippen LogP contribution in [0.4, 0.5) is 0 Å². The fourth-order valence-electron chi connectivity index (χ4n) is 2.53. The molecule has 1 aliphatic carbocycles. The number of aromatic hydroxyl groups is 1. The average molecular weight is 382 g/mol. The number of benzene rings is 2. The van der Waals surface area contributed by atoms with E-state index >= 15 is 0 Å². The fourth-order valence-corrected chi connectivity index (χ4v) is 3.50. The van der Waals surface area contributed by atoms with Gasteiger partial charge in [-0.3, -0.25) is 4.79 Å². The zero-order valence-corrected chi connectivity index (χ0v) is 13.0. The predicted molar refractivity (Wildman–Crippen MR) is 80.7 cm³/mol. The van der Waals surface area contributed by atoms with Gasteiger partial charge in [0.05, 0.1) is 10.4 Å². The number of ketones is 1. The van der Waals surface area contributed by atoms with Crippen LogP contribution in [0.2, 0.25) is 0 Å². The second kappa shape index (κ2) is 4.76. The van der Waals surface area contributed by atoms with Crippen molar-refractivity contribution in [3.8, 4) is 5.75 Å². The Hall–Kier alpha value is -1.13. The summed E-state index contributed by atoms with van der Waals surface area (Å²) in [6, 6.07) is 11.4. The number of phenolic OH excluding ortho intramolecular Hbond substituents is 1. The number of hydrogen-bond donors (Lipinski definition) is 1. The number of halogens is 2. The second-order valence-corrected chi connectivity index (χ2v) is 6.18. The Labute approximate surface area is 127 Å². The Balaban J connectivity index is 2.10. The summed E-state index contributed by atoms with van der Waals surface area (Å²) in [4.78, 5) is 12.5. The van der Waals surface area contributed by atoms with Crippen molar-refractivity contribution in [2.45, 2.75) is 12.3 Å². The molecule has 0 spiro atoms. The van der Waals surface area contributed by atoms with E-state index in [1.165, 1.54) is 0 Å². The van der Waals surface area contributed by atoms with Crippen LogP contribution in [0.25, 0.3) is 0 Å². The molecule has 2 aromatic carbocycles. The lowest BCUT2D eigenvalue weighted by molar-refractivity contribution is 0.0972. The zero-order valence-electron chi connectivity index (χ0n) is 9.86. The van der Waals surface area contributed by atoms with Crippen LogP contribution in [-0.2, 0) is 6.42 Å². The van der Waals surface area contributed by atoms with Gasteiger partial charge in [-0.05, 0) is 55.5 Å². The molecule has 1 unspecified atom stereocenters. The Morgan fingerprint density at radius 2 is 1.79 bits per heavy atom. The molecule has 2 aromatic rings. The maximum absolute atomic E-state index is 12.5. The van der Waals surface area contributed by atoms with Crippen LogP contribution in [0.3, 0.4) is 0 Å². The molecule has 1 atom stereocenters. The summed E-state index contributed by atoms with van der Waals surface area (Å²) in [7, 11) is 0. The summed E-state index contributed by atoms with van der Waals surface area (Å²) in [6.07, 6.45) is 0.637. The first-order chi connectivity index (χ1) is 9.09. The maximum Gasteiger partial charge on any atom is 0.172 e. The molecule has 0 amide bonds. The molecule has 2 nitrogen and oxygen atoms in total. The highest BCUT2D eigenvalue weighted by molar-refractivity contribution is 9.13. The largest absolute Gasteiger partial charge is 0.507 e. The van der Waals surface area contributed by atoms with Gasteiger partial charge in [-0.1, -0.05) is 30.3 Å². The molecule has 1 aliphatic rings. The van der Waals surface area contributed by atoms with Crippen molar-refractivity contribution in [1.82, 2.24) is 0 Å². The van der Waals surface area contributed by atoms with E-state index in [0.717, 1.165) is 11.1 Å². The van der Waals surface area contributed by atoms with Crippen molar-refractivity contribution in [2.75, 3.05) is 0 Å². The third-order valence-corrected chi connectivity index (χ3v) is 5.59. The third kappa shape index (κ3) is 2.03. The maximum atomic E-state index is 12.5. The predicted octanol–water partition coefficient (Wildman–Crippen LogP) is 4.44. The molecule has 0 aliphatic heterocycles. The number of phenols is 1. The summed E-state index contributed by atoms with van der Waals surface area (Å²) >= 11 is 6.68. The van der Waals surface area contributed by atoms with Crippen molar-refractivity contribution in [3.63, 3.8) is 0 Å². The molecule has 0 saturated heterocycles. The summed E-state index contributed by atoms with van der Waals surface area (Å²) in [5.41, 5.74) is 2.59. The van der Waals surface area contributed by atoms with E-state index in [1.54, 1.807) is 6.07 Å². The van der Waals surface area contributed by atoms with Crippen LogP contribution in [0, 0.1) is 0 Å². The normalized spacial score (nSPS) is 17.6. The standard InChI is InChI=1S/C15H10Br2O2/c16-13-11(18)7-9-6-10(8-4-2-1-3-5-8)15(19)12(9)14(13)17/h1-5,7,10,18H,6H2. The van der Waals surface area contributed by atoms with Crippen LogP contribution in [0.15, 0.2) is 45.3 Å².